The zero-order chi connectivity index (χ0) is 32.9. The highest BCUT2D eigenvalue weighted by molar-refractivity contribution is 7.92. The molecule has 244 valence electrons. The molecular formula is C33H42N8O4S. The Labute approximate surface area is 270 Å². The Morgan fingerprint density at radius 2 is 1.85 bits per heavy atom. The number of carbonyl (C=O) groups excluding carboxylic acids is 1. The highest BCUT2D eigenvalue weighted by Crippen LogP contribution is 2.45. The number of amides is 1. The Kier molecular flexibility index (Phi) is 8.40. The van der Waals surface area contributed by atoms with E-state index in [1.54, 1.807) is 38.1 Å². The normalized spacial score (nSPS) is 17.2. The molecule has 0 saturated carbocycles. The molecule has 0 aliphatic carbocycles. The topological polar surface area (TPSA) is 137 Å². The molecule has 1 unspecified atom stereocenters. The number of hydrogen-bond acceptors (Lipinski definition) is 10. The number of nitrogens with one attached hydrogen (secondary N) is 2. The first kappa shape index (κ1) is 31.7. The summed E-state index contributed by atoms with van der Waals surface area (Å²) in [6.07, 6.45) is 1.41. The van der Waals surface area contributed by atoms with E-state index < -0.39 is 21.3 Å². The van der Waals surface area contributed by atoms with Crippen LogP contribution in [0.15, 0.2) is 41.3 Å². The highest BCUT2D eigenvalue weighted by atomic mass is 32.2. The zero-order valence-electron chi connectivity index (χ0n) is 27.5. The molecule has 13 heteroatoms. The number of carbonyl (C=O) groups is 1. The van der Waals surface area contributed by atoms with Crippen LogP contribution in [-0.4, -0.2) is 89.5 Å². The molecule has 0 radical (unpaired) electrons. The van der Waals surface area contributed by atoms with Crippen LogP contribution in [0.3, 0.4) is 0 Å². The lowest BCUT2D eigenvalue weighted by Crippen LogP contribution is -2.42. The summed E-state index contributed by atoms with van der Waals surface area (Å²) in [6, 6.07) is 11.1. The summed E-state index contributed by atoms with van der Waals surface area (Å²) in [5, 5.41) is 10.8. The molecule has 2 aromatic heterocycles. The fourth-order valence-electron chi connectivity index (χ4n) is 6.39. The second-order valence-corrected chi connectivity index (χ2v) is 15.2. The van der Waals surface area contributed by atoms with E-state index in [1.807, 2.05) is 42.6 Å². The second-order valence-electron chi connectivity index (χ2n) is 12.8. The van der Waals surface area contributed by atoms with E-state index in [1.165, 1.54) is 5.56 Å². The van der Waals surface area contributed by atoms with Crippen LogP contribution in [0.4, 0.5) is 23.1 Å². The van der Waals surface area contributed by atoms with Gasteiger partial charge in [0.1, 0.15) is 11.6 Å². The molecule has 0 spiro atoms. The van der Waals surface area contributed by atoms with Crippen LogP contribution < -0.4 is 15.0 Å². The molecule has 4 aromatic rings. The summed E-state index contributed by atoms with van der Waals surface area (Å²) in [7, 11) is 0.267. The van der Waals surface area contributed by atoms with Crippen molar-refractivity contribution in [1.29, 1.82) is 0 Å². The number of sulfone groups is 1. The summed E-state index contributed by atoms with van der Waals surface area (Å²) < 4.78 is 32.8. The SMILES string of the molecule is Cc1cc2c(cc1C1CCN(C(=O)CN(C)C)CC1)OC(C)N2c1nc(Nc2ccccc2S(=O)(=O)C(C)C)c2c(C)n[nH]c2n1. The number of likely N-dealkylation sites (N-methyl/N-ethyl adjacent to an activating group) is 1. The molecule has 12 nitrogen and oxygen atoms in total. The Morgan fingerprint density at radius 1 is 1.13 bits per heavy atom. The van der Waals surface area contributed by atoms with Gasteiger partial charge in [0, 0.05) is 13.1 Å². The van der Waals surface area contributed by atoms with E-state index in [-0.39, 0.29) is 10.8 Å². The number of ether oxygens (including phenoxy) is 1. The van der Waals surface area contributed by atoms with E-state index in [0.29, 0.717) is 46.6 Å². The zero-order valence-corrected chi connectivity index (χ0v) is 28.3. The van der Waals surface area contributed by atoms with Crippen molar-refractivity contribution in [2.75, 3.05) is 43.9 Å². The van der Waals surface area contributed by atoms with Gasteiger partial charge in [-0.15, -0.1) is 0 Å². The number of nitrogens with zero attached hydrogens (tertiary/aromatic N) is 6. The lowest BCUT2D eigenvalue weighted by molar-refractivity contribution is -0.132. The maximum Gasteiger partial charge on any atom is 0.237 e. The number of likely N-dealkylation sites (tertiary alicyclic amines) is 1. The van der Waals surface area contributed by atoms with Gasteiger partial charge in [-0.3, -0.25) is 14.8 Å². The van der Waals surface area contributed by atoms with Crippen LogP contribution in [0.25, 0.3) is 11.0 Å². The van der Waals surface area contributed by atoms with Gasteiger partial charge < -0.3 is 19.9 Å². The van der Waals surface area contributed by atoms with Gasteiger partial charge in [0.15, 0.2) is 21.7 Å². The van der Waals surface area contributed by atoms with E-state index in [9.17, 15) is 13.2 Å². The molecular weight excluding hydrogens is 604 g/mol. The maximum absolute atomic E-state index is 13.2. The third-order valence-electron chi connectivity index (χ3n) is 8.88. The molecule has 2 N–H and O–H groups in total. The second kappa shape index (κ2) is 12.2. The minimum Gasteiger partial charge on any atom is -0.468 e. The fourth-order valence-corrected chi connectivity index (χ4v) is 7.59. The minimum absolute atomic E-state index is 0.172. The van der Waals surface area contributed by atoms with Gasteiger partial charge in [-0.1, -0.05) is 12.1 Å². The molecule has 2 aliphatic heterocycles. The molecule has 1 amide bonds. The molecule has 0 bridgehead atoms. The smallest absolute Gasteiger partial charge is 0.237 e. The van der Waals surface area contributed by atoms with Crippen LogP contribution in [0.2, 0.25) is 0 Å². The van der Waals surface area contributed by atoms with Crippen molar-refractivity contribution in [2.24, 2.45) is 0 Å². The fraction of sp³-hybridized carbons (Fsp3) is 0.455. The van der Waals surface area contributed by atoms with Crippen molar-refractivity contribution in [1.82, 2.24) is 30.0 Å². The van der Waals surface area contributed by atoms with E-state index >= 15 is 0 Å². The number of piperidine rings is 1. The number of benzene rings is 2. The minimum atomic E-state index is -3.56. The summed E-state index contributed by atoms with van der Waals surface area (Å²) >= 11 is 0. The van der Waals surface area contributed by atoms with E-state index in [0.717, 1.165) is 42.9 Å². The summed E-state index contributed by atoms with van der Waals surface area (Å²) in [6.45, 7) is 11.2. The number of anilines is 4. The van der Waals surface area contributed by atoms with Crippen molar-refractivity contribution in [3.8, 4) is 5.75 Å². The van der Waals surface area contributed by atoms with Crippen LogP contribution in [0.1, 0.15) is 56.4 Å². The monoisotopic (exact) mass is 646 g/mol. The molecule has 4 heterocycles. The number of para-hydroxylation sites is 1. The van der Waals surface area contributed by atoms with Crippen LogP contribution in [-0.2, 0) is 14.6 Å². The van der Waals surface area contributed by atoms with Crippen LogP contribution >= 0.6 is 0 Å². The van der Waals surface area contributed by atoms with Crippen molar-refractivity contribution < 1.29 is 17.9 Å². The van der Waals surface area contributed by atoms with E-state index in [4.69, 9.17) is 14.7 Å². The number of aromatic amines is 1. The number of aryl methyl sites for hydroxylation is 2. The molecule has 2 aromatic carbocycles. The summed E-state index contributed by atoms with van der Waals surface area (Å²) in [4.78, 5) is 28.4. The highest BCUT2D eigenvalue weighted by Gasteiger charge is 2.34. The number of hydrogen-bond donors (Lipinski definition) is 2. The van der Waals surface area contributed by atoms with Crippen molar-refractivity contribution in [2.45, 2.75) is 69.8 Å². The molecule has 6 rings (SSSR count). The van der Waals surface area contributed by atoms with Gasteiger partial charge in [0.05, 0.1) is 39.1 Å². The molecule has 46 heavy (non-hydrogen) atoms. The summed E-state index contributed by atoms with van der Waals surface area (Å²) in [5.74, 6) is 2.10. The van der Waals surface area contributed by atoms with Crippen LogP contribution in [0.5, 0.6) is 5.75 Å². The number of aromatic nitrogens is 4. The number of rotatable bonds is 8. The Morgan fingerprint density at radius 3 is 2.54 bits per heavy atom. The van der Waals surface area contributed by atoms with Gasteiger partial charge in [-0.2, -0.15) is 15.1 Å². The van der Waals surface area contributed by atoms with Gasteiger partial charge in [0.25, 0.3) is 0 Å². The first-order chi connectivity index (χ1) is 21.8. The molecule has 1 saturated heterocycles. The van der Waals surface area contributed by atoms with Gasteiger partial charge in [-0.05, 0) is 103 Å². The van der Waals surface area contributed by atoms with Gasteiger partial charge >= 0.3 is 0 Å². The van der Waals surface area contributed by atoms with E-state index in [2.05, 4.69) is 34.6 Å². The lowest BCUT2D eigenvalue weighted by Gasteiger charge is -2.33. The van der Waals surface area contributed by atoms with Crippen molar-refractivity contribution >= 4 is 49.9 Å². The predicted octanol–water partition coefficient (Wildman–Crippen LogP) is 5.04. The molecule has 1 fully saturated rings. The number of fused-ring (bicyclic) bond motifs is 2. The Bertz CT molecular complexity index is 1900. The Hall–Kier alpha value is -4.23. The standard InChI is InChI=1S/C33H42N8O4S/c1-19(2)46(43,44)28-11-9-8-10-25(28)34-31-30-21(4)37-38-32(30)36-33(35-31)41-22(5)45-27-17-24(20(3)16-26(27)41)23-12-14-40(15-13-23)29(42)18-39(6)7/h8-11,16-17,19,22-23H,12-15,18H2,1-7H3,(H2,34,35,36,37,38). The Balaban J connectivity index is 1.33. The van der Waals surface area contributed by atoms with Gasteiger partial charge in [0.2, 0.25) is 11.9 Å². The molecule has 2 aliphatic rings. The summed E-state index contributed by atoms with van der Waals surface area (Å²) in [5.41, 5.74) is 4.89. The first-order valence-corrected chi connectivity index (χ1v) is 17.3. The maximum atomic E-state index is 13.2. The third kappa shape index (κ3) is 5.77. The average Bonchev–Trinajstić information content (AvgIpc) is 3.54. The third-order valence-corrected chi connectivity index (χ3v) is 11.1. The average molecular weight is 647 g/mol. The first-order valence-electron chi connectivity index (χ1n) is 15.7. The van der Waals surface area contributed by atoms with Crippen molar-refractivity contribution in [3.63, 3.8) is 0 Å². The quantitative estimate of drug-likeness (QED) is 0.268. The largest absolute Gasteiger partial charge is 0.468 e. The lowest BCUT2D eigenvalue weighted by atomic mass is 9.86. The van der Waals surface area contributed by atoms with Crippen LogP contribution in [0, 0.1) is 13.8 Å². The van der Waals surface area contributed by atoms with Gasteiger partial charge in [-0.25, -0.2) is 8.42 Å². The van der Waals surface area contributed by atoms with Crippen molar-refractivity contribution in [3.05, 3.63) is 53.2 Å². The predicted molar refractivity (Wildman–Crippen MR) is 179 cm³/mol. The number of H-pyrrole nitrogens is 1. The molecule has 1 atom stereocenters.